The van der Waals surface area contributed by atoms with Crippen molar-refractivity contribution in [3.8, 4) is 0 Å². The maximum absolute atomic E-state index is 12.0. The lowest BCUT2D eigenvalue weighted by atomic mass is 10.1. The molecule has 0 bridgehead atoms. The van der Waals surface area contributed by atoms with Crippen molar-refractivity contribution in [3.05, 3.63) is 35.4 Å². The molecule has 1 aliphatic rings. The van der Waals surface area contributed by atoms with Crippen molar-refractivity contribution in [3.63, 3.8) is 0 Å². The molecule has 23 heavy (non-hydrogen) atoms. The molecule has 1 fully saturated rings. The first-order valence-electron chi connectivity index (χ1n) is 7.03. The molecule has 122 valence electrons. The summed E-state index contributed by atoms with van der Waals surface area (Å²) < 4.78 is 0. The minimum Gasteiger partial charge on any atom is -0.481 e. The van der Waals surface area contributed by atoms with Gasteiger partial charge in [0.05, 0.1) is 12.3 Å². The Morgan fingerprint density at radius 2 is 2.09 bits per heavy atom. The van der Waals surface area contributed by atoms with Crippen molar-refractivity contribution < 1.29 is 24.3 Å². The first-order valence-corrected chi connectivity index (χ1v) is 8.02. The molecule has 1 saturated heterocycles. The third-order valence-corrected chi connectivity index (χ3v) is 4.08. The molecule has 3 amide bonds. The van der Waals surface area contributed by atoms with Gasteiger partial charge in [-0.15, -0.1) is 0 Å². The molecule has 1 aromatic carbocycles. The van der Waals surface area contributed by atoms with Crippen molar-refractivity contribution in [2.75, 3.05) is 12.3 Å². The van der Waals surface area contributed by atoms with Gasteiger partial charge in [0.25, 0.3) is 11.1 Å². The molecule has 0 saturated carbocycles. The third kappa shape index (κ3) is 4.82. The summed E-state index contributed by atoms with van der Waals surface area (Å²) in [5.41, 5.74) is 1.09. The van der Waals surface area contributed by atoms with Gasteiger partial charge >= 0.3 is 5.97 Å². The molecule has 1 heterocycles. The highest BCUT2D eigenvalue weighted by atomic mass is 32.2. The van der Waals surface area contributed by atoms with Crippen LogP contribution in [0.5, 0.6) is 0 Å². The number of thioether (sulfide) groups is 1. The summed E-state index contributed by atoms with van der Waals surface area (Å²) in [6, 6.07) is 6.67. The summed E-state index contributed by atoms with van der Waals surface area (Å²) in [5, 5.41) is 10.9. The SMILES string of the molecule is O=C(O)CCCNC(=O)c1cccc(CN2C(=O)CSC2=O)c1. The minimum absolute atomic E-state index is 0.00281. The second-order valence-electron chi connectivity index (χ2n) is 4.99. The molecule has 0 aromatic heterocycles. The zero-order valence-corrected chi connectivity index (χ0v) is 13.1. The number of carbonyl (C=O) groups excluding carboxylic acids is 3. The highest BCUT2D eigenvalue weighted by Crippen LogP contribution is 2.21. The van der Waals surface area contributed by atoms with Gasteiger partial charge in [-0.1, -0.05) is 23.9 Å². The van der Waals surface area contributed by atoms with E-state index in [4.69, 9.17) is 5.11 Å². The zero-order chi connectivity index (χ0) is 16.8. The summed E-state index contributed by atoms with van der Waals surface area (Å²) in [6.45, 7) is 0.417. The van der Waals surface area contributed by atoms with Gasteiger partial charge in [0.2, 0.25) is 5.91 Å². The van der Waals surface area contributed by atoms with Gasteiger partial charge in [-0.25, -0.2) is 0 Å². The van der Waals surface area contributed by atoms with E-state index in [1.165, 1.54) is 0 Å². The van der Waals surface area contributed by atoms with Crippen LogP contribution in [0.2, 0.25) is 0 Å². The number of amides is 3. The Hall–Kier alpha value is -2.35. The van der Waals surface area contributed by atoms with Crippen LogP contribution in [0.1, 0.15) is 28.8 Å². The number of imide groups is 1. The molecule has 8 heteroatoms. The molecule has 0 aliphatic carbocycles. The normalized spacial score (nSPS) is 14.2. The van der Waals surface area contributed by atoms with E-state index in [9.17, 15) is 19.2 Å². The quantitative estimate of drug-likeness (QED) is 0.731. The largest absolute Gasteiger partial charge is 0.481 e. The number of hydrogen-bond acceptors (Lipinski definition) is 5. The van der Waals surface area contributed by atoms with E-state index in [0.29, 0.717) is 17.5 Å². The fourth-order valence-corrected chi connectivity index (χ4v) is 2.80. The molecule has 1 aliphatic heterocycles. The highest BCUT2D eigenvalue weighted by Gasteiger charge is 2.29. The van der Waals surface area contributed by atoms with Crippen molar-refractivity contribution in [2.24, 2.45) is 0 Å². The molecule has 0 radical (unpaired) electrons. The van der Waals surface area contributed by atoms with Crippen LogP contribution in [0, 0.1) is 0 Å². The monoisotopic (exact) mass is 336 g/mol. The Bertz CT molecular complexity index is 631. The Balaban J connectivity index is 1.93. The molecule has 0 atom stereocenters. The van der Waals surface area contributed by atoms with Crippen LogP contribution < -0.4 is 5.32 Å². The predicted octanol–water partition coefficient (Wildman–Crippen LogP) is 1.48. The Kier molecular flexibility index (Phi) is 5.75. The second kappa shape index (κ2) is 7.77. The number of rotatable bonds is 7. The highest BCUT2D eigenvalue weighted by molar-refractivity contribution is 8.14. The molecule has 0 unspecified atom stereocenters. The van der Waals surface area contributed by atoms with Crippen molar-refractivity contribution >= 4 is 34.8 Å². The minimum atomic E-state index is -0.904. The Morgan fingerprint density at radius 3 is 2.74 bits per heavy atom. The van der Waals surface area contributed by atoms with Crippen LogP contribution in [-0.2, 0) is 16.1 Å². The average Bonchev–Trinajstić information content (AvgIpc) is 2.83. The summed E-state index contributed by atoms with van der Waals surface area (Å²) in [5.74, 6) is -1.30. The maximum atomic E-state index is 12.0. The number of carbonyl (C=O) groups is 4. The van der Waals surface area contributed by atoms with Gasteiger partial charge in [-0.05, 0) is 24.1 Å². The van der Waals surface area contributed by atoms with E-state index in [-0.39, 0.29) is 42.3 Å². The van der Waals surface area contributed by atoms with Crippen LogP contribution >= 0.6 is 11.8 Å². The second-order valence-corrected chi connectivity index (χ2v) is 5.91. The van der Waals surface area contributed by atoms with E-state index in [2.05, 4.69) is 5.32 Å². The van der Waals surface area contributed by atoms with Gasteiger partial charge in [0.1, 0.15) is 0 Å². The number of hydrogen-bond donors (Lipinski definition) is 2. The van der Waals surface area contributed by atoms with Gasteiger partial charge in [-0.2, -0.15) is 0 Å². The van der Waals surface area contributed by atoms with Crippen LogP contribution in [0.15, 0.2) is 24.3 Å². The first kappa shape index (κ1) is 17.0. The van der Waals surface area contributed by atoms with E-state index >= 15 is 0 Å². The number of carboxylic acid groups (broad SMARTS) is 1. The standard InChI is InChI=1S/C15H16N2O5S/c18-12-9-23-15(22)17(12)8-10-3-1-4-11(7-10)14(21)16-6-2-5-13(19)20/h1,3-4,7H,2,5-6,8-9H2,(H,16,21)(H,19,20). The predicted molar refractivity (Wildman–Crippen MR) is 84.0 cm³/mol. The Labute approximate surface area is 137 Å². The average molecular weight is 336 g/mol. The molecule has 2 rings (SSSR count). The summed E-state index contributed by atoms with van der Waals surface area (Å²) >= 11 is 0.969. The van der Waals surface area contributed by atoms with Gasteiger partial charge in [0, 0.05) is 18.5 Å². The van der Waals surface area contributed by atoms with Crippen molar-refractivity contribution in [2.45, 2.75) is 19.4 Å². The summed E-state index contributed by atoms with van der Waals surface area (Å²) in [6.07, 6.45) is 0.353. The summed E-state index contributed by atoms with van der Waals surface area (Å²) in [4.78, 5) is 46.7. The van der Waals surface area contributed by atoms with E-state index in [1.54, 1.807) is 24.3 Å². The molecule has 1 aromatic rings. The lowest BCUT2D eigenvalue weighted by Gasteiger charge is -2.13. The molecular formula is C15H16N2O5S. The fourth-order valence-electron chi connectivity index (χ4n) is 2.07. The number of carboxylic acids is 1. The van der Waals surface area contributed by atoms with Crippen LogP contribution in [0.25, 0.3) is 0 Å². The van der Waals surface area contributed by atoms with Crippen LogP contribution in [0.4, 0.5) is 4.79 Å². The van der Waals surface area contributed by atoms with Crippen molar-refractivity contribution in [1.82, 2.24) is 10.2 Å². The van der Waals surface area contributed by atoms with Gasteiger partial charge in [-0.3, -0.25) is 24.1 Å². The molecule has 2 N–H and O–H groups in total. The number of nitrogens with zero attached hydrogens (tertiary/aromatic N) is 1. The van der Waals surface area contributed by atoms with E-state index in [1.807, 2.05) is 0 Å². The third-order valence-electron chi connectivity index (χ3n) is 3.22. The zero-order valence-electron chi connectivity index (χ0n) is 12.3. The smallest absolute Gasteiger partial charge is 0.303 e. The molecule has 0 spiro atoms. The maximum Gasteiger partial charge on any atom is 0.303 e. The van der Waals surface area contributed by atoms with Crippen LogP contribution in [-0.4, -0.2) is 45.3 Å². The van der Waals surface area contributed by atoms with Gasteiger partial charge in [0.15, 0.2) is 0 Å². The lowest BCUT2D eigenvalue weighted by molar-refractivity contribution is -0.137. The molecule has 7 nitrogen and oxygen atoms in total. The number of aliphatic carboxylic acids is 1. The number of nitrogens with one attached hydrogen (secondary N) is 1. The fraction of sp³-hybridized carbons (Fsp3) is 0.333. The lowest BCUT2D eigenvalue weighted by Crippen LogP contribution is -2.28. The molecular weight excluding hydrogens is 320 g/mol. The van der Waals surface area contributed by atoms with Crippen LogP contribution in [0.3, 0.4) is 0 Å². The number of benzene rings is 1. The van der Waals surface area contributed by atoms with Gasteiger partial charge < -0.3 is 10.4 Å². The Morgan fingerprint density at radius 1 is 1.30 bits per heavy atom. The first-order chi connectivity index (χ1) is 11.0. The van der Waals surface area contributed by atoms with E-state index in [0.717, 1.165) is 16.7 Å². The topological polar surface area (TPSA) is 104 Å². The summed E-state index contributed by atoms with van der Waals surface area (Å²) in [7, 11) is 0. The van der Waals surface area contributed by atoms with Crippen molar-refractivity contribution in [1.29, 1.82) is 0 Å². The van der Waals surface area contributed by atoms with E-state index < -0.39 is 5.97 Å².